The largest absolute Gasteiger partial charge is 0.326 e. The summed E-state index contributed by atoms with van der Waals surface area (Å²) in [6.45, 7) is 4.27. The van der Waals surface area contributed by atoms with Crippen LogP contribution in [0.5, 0.6) is 0 Å². The highest BCUT2D eigenvalue weighted by molar-refractivity contribution is 7.99. The van der Waals surface area contributed by atoms with E-state index in [0.29, 0.717) is 12.5 Å². The molecular formula is C28H29N3OS. The molecule has 1 heterocycles. The van der Waals surface area contributed by atoms with E-state index in [1.54, 1.807) is 0 Å². The molecule has 0 aliphatic heterocycles. The van der Waals surface area contributed by atoms with Gasteiger partial charge < -0.3 is 9.88 Å². The molecule has 3 aromatic carbocycles. The Morgan fingerprint density at radius 3 is 2.48 bits per heavy atom. The summed E-state index contributed by atoms with van der Waals surface area (Å²) in [5.41, 5.74) is 6.43. The number of carbonyl (C=O) groups excluding carboxylic acids is 1. The molecule has 0 bridgehead atoms. The van der Waals surface area contributed by atoms with Gasteiger partial charge in [0, 0.05) is 22.2 Å². The van der Waals surface area contributed by atoms with Gasteiger partial charge >= 0.3 is 0 Å². The van der Waals surface area contributed by atoms with E-state index in [4.69, 9.17) is 4.98 Å². The number of amides is 1. The Balaban J connectivity index is 1.32. The normalized spacial score (nSPS) is 13.8. The van der Waals surface area contributed by atoms with E-state index in [1.807, 2.05) is 36.0 Å². The van der Waals surface area contributed by atoms with Gasteiger partial charge in [-0.2, -0.15) is 0 Å². The molecule has 1 saturated carbocycles. The van der Waals surface area contributed by atoms with Crippen LogP contribution in [0.4, 0.5) is 5.69 Å². The van der Waals surface area contributed by atoms with Crippen molar-refractivity contribution in [2.75, 3.05) is 11.1 Å². The van der Waals surface area contributed by atoms with Crippen molar-refractivity contribution in [3.05, 3.63) is 77.9 Å². The van der Waals surface area contributed by atoms with Crippen LogP contribution in [0, 0.1) is 6.92 Å². The molecule has 0 saturated heterocycles. The summed E-state index contributed by atoms with van der Waals surface area (Å²) in [4.78, 5) is 18.8. The lowest BCUT2D eigenvalue weighted by Crippen LogP contribution is -2.18. The third-order valence-corrected chi connectivity index (χ3v) is 7.20. The summed E-state index contributed by atoms with van der Waals surface area (Å²) < 4.78 is 2.42. The third kappa shape index (κ3) is 4.69. The Labute approximate surface area is 199 Å². The van der Waals surface area contributed by atoms with Crippen LogP contribution in [0.15, 0.2) is 71.6 Å². The quantitative estimate of drug-likeness (QED) is 0.304. The van der Waals surface area contributed by atoms with Crippen molar-refractivity contribution in [1.82, 2.24) is 9.55 Å². The molecule has 0 spiro atoms. The summed E-state index contributed by atoms with van der Waals surface area (Å²) in [6, 6.07) is 23.3. The van der Waals surface area contributed by atoms with Crippen molar-refractivity contribution in [3.63, 3.8) is 0 Å². The summed E-state index contributed by atoms with van der Waals surface area (Å²) >= 11 is 1.81. The number of hydrogen-bond donors (Lipinski definition) is 1. The summed E-state index contributed by atoms with van der Waals surface area (Å²) in [7, 11) is 0. The highest BCUT2D eigenvalue weighted by Gasteiger charge is 2.25. The maximum atomic E-state index is 12.6. The molecule has 5 heteroatoms. The number of aryl methyl sites for hydroxylation is 1. The molecule has 1 amide bonds. The van der Waals surface area contributed by atoms with Crippen molar-refractivity contribution in [3.8, 4) is 11.4 Å². The Morgan fingerprint density at radius 1 is 1.06 bits per heavy atom. The van der Waals surface area contributed by atoms with Gasteiger partial charge in [-0.1, -0.05) is 25.1 Å². The van der Waals surface area contributed by atoms with E-state index < -0.39 is 0 Å². The Kier molecular flexibility index (Phi) is 6.23. The number of benzene rings is 3. The van der Waals surface area contributed by atoms with Crippen LogP contribution in [0.2, 0.25) is 0 Å². The molecule has 5 rings (SSSR count). The number of imidazole rings is 1. The zero-order valence-corrected chi connectivity index (χ0v) is 20.0. The van der Waals surface area contributed by atoms with Crippen molar-refractivity contribution >= 4 is 34.4 Å². The molecule has 0 atom stereocenters. The molecule has 1 fully saturated rings. The second-order valence-electron chi connectivity index (χ2n) is 8.76. The monoisotopic (exact) mass is 455 g/mol. The number of rotatable bonds is 7. The average molecular weight is 456 g/mol. The Bertz CT molecular complexity index is 1270. The van der Waals surface area contributed by atoms with Crippen LogP contribution >= 0.6 is 11.8 Å². The number of anilines is 1. The second-order valence-corrected chi connectivity index (χ2v) is 10.1. The van der Waals surface area contributed by atoms with Gasteiger partial charge in [0.15, 0.2) is 0 Å². The number of thioether (sulfide) groups is 1. The van der Waals surface area contributed by atoms with E-state index in [0.717, 1.165) is 33.9 Å². The minimum absolute atomic E-state index is 0.00386. The minimum atomic E-state index is -0.00386. The van der Waals surface area contributed by atoms with Gasteiger partial charge in [-0.3, -0.25) is 4.79 Å². The van der Waals surface area contributed by atoms with Crippen molar-refractivity contribution < 1.29 is 4.79 Å². The zero-order valence-electron chi connectivity index (χ0n) is 19.2. The number of carbonyl (C=O) groups is 1. The van der Waals surface area contributed by atoms with E-state index in [1.165, 1.54) is 35.2 Å². The lowest BCUT2D eigenvalue weighted by Gasteiger charge is -2.29. The minimum Gasteiger partial charge on any atom is -0.326 e. The fourth-order valence-corrected chi connectivity index (χ4v) is 5.05. The first-order valence-corrected chi connectivity index (χ1v) is 12.7. The molecule has 1 aliphatic rings. The predicted octanol–water partition coefficient (Wildman–Crippen LogP) is 7.03. The lowest BCUT2D eigenvalue weighted by molar-refractivity contribution is -0.115. The van der Waals surface area contributed by atoms with Crippen molar-refractivity contribution in [2.24, 2.45) is 0 Å². The van der Waals surface area contributed by atoms with Crippen LogP contribution in [-0.4, -0.2) is 21.2 Å². The highest BCUT2D eigenvalue weighted by Crippen LogP contribution is 2.38. The Hall–Kier alpha value is -3.05. The molecule has 4 aromatic rings. The van der Waals surface area contributed by atoms with E-state index in [2.05, 4.69) is 66.2 Å². The summed E-state index contributed by atoms with van der Waals surface area (Å²) in [6.07, 6.45) is 4.06. The topological polar surface area (TPSA) is 46.9 Å². The standard InChI is InChI=1S/C28H29N3OS/c1-3-33-24-14-8-20(9-15-24)18-27(32)29-22-12-10-21(11-13-22)28-30-25-16-7-19(2)17-26(25)31(28)23-5-4-6-23/h7-17,23H,3-6,18H2,1-2H3,(H,29,32). The summed E-state index contributed by atoms with van der Waals surface area (Å²) in [5, 5.41) is 3.03. The van der Waals surface area contributed by atoms with E-state index >= 15 is 0 Å². The number of hydrogen-bond acceptors (Lipinski definition) is 3. The van der Waals surface area contributed by atoms with Gasteiger partial charge in [0.25, 0.3) is 0 Å². The Morgan fingerprint density at radius 2 is 1.82 bits per heavy atom. The summed E-state index contributed by atoms with van der Waals surface area (Å²) in [5.74, 6) is 2.06. The van der Waals surface area contributed by atoms with Crippen LogP contribution in [-0.2, 0) is 11.2 Å². The fourth-order valence-electron chi connectivity index (χ4n) is 4.38. The smallest absolute Gasteiger partial charge is 0.228 e. The molecule has 4 nitrogen and oxygen atoms in total. The molecule has 168 valence electrons. The maximum absolute atomic E-state index is 12.6. The van der Waals surface area contributed by atoms with Gasteiger partial charge in [-0.15, -0.1) is 11.8 Å². The molecule has 0 radical (unpaired) electrons. The van der Waals surface area contributed by atoms with Gasteiger partial charge in [0.05, 0.1) is 17.5 Å². The van der Waals surface area contributed by atoms with Gasteiger partial charge in [0.2, 0.25) is 5.91 Å². The lowest BCUT2D eigenvalue weighted by atomic mass is 9.92. The van der Waals surface area contributed by atoms with Gasteiger partial charge in [0.1, 0.15) is 5.82 Å². The molecule has 1 N–H and O–H groups in total. The molecular weight excluding hydrogens is 426 g/mol. The van der Waals surface area contributed by atoms with Crippen LogP contribution in [0.3, 0.4) is 0 Å². The molecule has 1 aliphatic carbocycles. The van der Waals surface area contributed by atoms with Crippen molar-refractivity contribution in [1.29, 1.82) is 0 Å². The number of fused-ring (bicyclic) bond motifs is 1. The SMILES string of the molecule is CCSc1ccc(CC(=O)Nc2ccc(-c3nc4ccc(C)cc4n3C3CCC3)cc2)cc1. The van der Waals surface area contributed by atoms with Gasteiger partial charge in [-0.25, -0.2) is 4.98 Å². The van der Waals surface area contributed by atoms with E-state index in [9.17, 15) is 4.79 Å². The number of nitrogens with one attached hydrogen (secondary N) is 1. The fraction of sp³-hybridized carbons (Fsp3) is 0.286. The van der Waals surface area contributed by atoms with Gasteiger partial charge in [-0.05, 0) is 91.6 Å². The molecule has 1 aromatic heterocycles. The highest BCUT2D eigenvalue weighted by atomic mass is 32.2. The first-order chi connectivity index (χ1) is 16.1. The number of aromatic nitrogens is 2. The van der Waals surface area contributed by atoms with Crippen LogP contribution < -0.4 is 5.32 Å². The number of nitrogens with zero attached hydrogens (tertiary/aromatic N) is 2. The zero-order chi connectivity index (χ0) is 22.8. The molecule has 33 heavy (non-hydrogen) atoms. The van der Waals surface area contributed by atoms with E-state index in [-0.39, 0.29) is 5.91 Å². The van der Waals surface area contributed by atoms with Crippen LogP contribution in [0.25, 0.3) is 22.4 Å². The van der Waals surface area contributed by atoms with Crippen molar-refractivity contribution in [2.45, 2.75) is 50.5 Å². The first-order valence-electron chi connectivity index (χ1n) is 11.7. The predicted molar refractivity (Wildman–Crippen MR) is 138 cm³/mol. The third-order valence-electron chi connectivity index (χ3n) is 6.31. The average Bonchev–Trinajstić information content (AvgIpc) is 3.13. The second kappa shape index (κ2) is 9.44. The molecule has 0 unspecified atom stereocenters. The first kappa shape index (κ1) is 21.8. The maximum Gasteiger partial charge on any atom is 0.228 e. The van der Waals surface area contributed by atoms with Crippen LogP contribution in [0.1, 0.15) is 43.4 Å².